The Morgan fingerprint density at radius 3 is 2.12 bits per heavy atom. The molecule has 0 aliphatic heterocycles. The Morgan fingerprint density at radius 2 is 1.27 bits per heavy atom. The van der Waals surface area contributed by atoms with Crippen LogP contribution in [0.2, 0.25) is 0 Å². The van der Waals surface area contributed by atoms with Gasteiger partial charge in [0.1, 0.15) is 11.2 Å². The second-order valence-corrected chi connectivity index (χ2v) is 12.6. The second-order valence-electron chi connectivity index (χ2n) is 12.6. The van der Waals surface area contributed by atoms with Crippen molar-refractivity contribution < 1.29 is 4.42 Å². The van der Waals surface area contributed by atoms with Crippen LogP contribution in [-0.4, -0.2) is 9.13 Å². The van der Waals surface area contributed by atoms with E-state index in [2.05, 4.69) is 91.6 Å². The summed E-state index contributed by atoms with van der Waals surface area (Å²) in [6.45, 7) is 16.1. The average molecular weight is 650 g/mol. The zero-order valence-corrected chi connectivity index (χ0v) is 26.9. The van der Waals surface area contributed by atoms with Crippen LogP contribution in [0.15, 0.2) is 144 Å². The van der Waals surface area contributed by atoms with Crippen LogP contribution in [0, 0.1) is 24.5 Å². The summed E-state index contributed by atoms with van der Waals surface area (Å²) in [5.74, 6) is 0. The van der Waals surface area contributed by atoms with E-state index in [1.807, 2.05) is 66.7 Å². The van der Waals surface area contributed by atoms with Crippen LogP contribution in [0.3, 0.4) is 0 Å². The molecule has 234 valence electrons. The molecule has 0 unspecified atom stereocenters. The monoisotopic (exact) mass is 649 g/mol. The molecule has 3 aromatic heterocycles. The number of rotatable bonds is 3. The van der Waals surface area contributed by atoms with E-state index in [-0.39, 0.29) is 0 Å². The van der Waals surface area contributed by atoms with E-state index in [0.717, 1.165) is 88.1 Å². The van der Waals surface area contributed by atoms with Crippen molar-refractivity contribution in [1.82, 2.24) is 9.13 Å². The smallest absolute Gasteiger partial charge is 0.211 e. The Hall–Kier alpha value is -7.59. The number of aromatic nitrogens is 2. The summed E-state index contributed by atoms with van der Waals surface area (Å²) in [5.41, 5.74) is 10.5. The minimum atomic E-state index is 0.491. The highest BCUT2D eigenvalue weighted by atomic mass is 16.3. The van der Waals surface area contributed by atoms with E-state index in [1.165, 1.54) is 0 Å². The van der Waals surface area contributed by atoms with Gasteiger partial charge in [-0.15, -0.1) is 0 Å². The van der Waals surface area contributed by atoms with Gasteiger partial charge in [0.15, 0.2) is 5.69 Å². The van der Waals surface area contributed by atoms with Crippen LogP contribution in [0.5, 0.6) is 0 Å². The molecule has 0 bridgehead atoms. The van der Waals surface area contributed by atoms with Gasteiger partial charge in [0.05, 0.1) is 63.6 Å². The average Bonchev–Trinajstić information content (AvgIpc) is 3.84. The van der Waals surface area contributed by atoms with Crippen molar-refractivity contribution in [2.45, 2.75) is 0 Å². The fourth-order valence-corrected chi connectivity index (χ4v) is 7.88. The van der Waals surface area contributed by atoms with Crippen molar-refractivity contribution in [3.05, 3.63) is 168 Å². The first kappa shape index (κ1) is 28.4. The van der Waals surface area contributed by atoms with Crippen LogP contribution < -0.4 is 0 Å². The molecule has 0 aliphatic rings. The van der Waals surface area contributed by atoms with Gasteiger partial charge < -0.3 is 13.6 Å². The first-order chi connectivity index (χ1) is 25.2. The van der Waals surface area contributed by atoms with Crippen LogP contribution in [0.25, 0.3) is 97.7 Å². The molecule has 51 heavy (non-hydrogen) atoms. The molecule has 0 amide bonds. The molecule has 10 rings (SSSR count). The first-order valence-corrected chi connectivity index (χ1v) is 16.5. The molecule has 0 atom stereocenters. The van der Waals surface area contributed by atoms with Crippen LogP contribution in [-0.2, 0) is 0 Å². The third-order valence-corrected chi connectivity index (χ3v) is 9.98. The Kier molecular flexibility index (Phi) is 5.97. The predicted octanol–water partition coefficient (Wildman–Crippen LogP) is 12.4. The number of fused-ring (bicyclic) bond motifs is 10. The predicted molar refractivity (Wildman–Crippen MR) is 205 cm³/mol. The van der Waals surface area contributed by atoms with Crippen LogP contribution in [0.4, 0.5) is 11.4 Å². The Balaban J connectivity index is 1.35. The van der Waals surface area contributed by atoms with Gasteiger partial charge in [-0.1, -0.05) is 78.9 Å². The lowest BCUT2D eigenvalue weighted by atomic mass is 9.99. The van der Waals surface area contributed by atoms with Gasteiger partial charge in [-0.2, -0.15) is 5.26 Å². The molecule has 0 spiro atoms. The summed E-state index contributed by atoms with van der Waals surface area (Å²) in [6, 6.07) is 48.6. The third kappa shape index (κ3) is 3.95. The summed E-state index contributed by atoms with van der Waals surface area (Å²) < 4.78 is 10.8. The Bertz CT molecular complexity index is 3170. The summed E-state index contributed by atoms with van der Waals surface area (Å²) >= 11 is 0. The van der Waals surface area contributed by atoms with Crippen molar-refractivity contribution in [3.8, 4) is 28.6 Å². The van der Waals surface area contributed by atoms with Gasteiger partial charge in [0, 0.05) is 27.1 Å². The highest BCUT2D eigenvalue weighted by Gasteiger charge is 2.24. The SMILES string of the molecule is [C-]#[N+]c1ccc2c(c1)c1cc(C#N)ccc1n2-c1c([N+]#[C-])cccc1-c1ccccc1-n1c2ccccc2c2ccc3oc4ccccc4c3c21. The van der Waals surface area contributed by atoms with Gasteiger partial charge in [-0.3, -0.25) is 0 Å². The van der Waals surface area contributed by atoms with E-state index >= 15 is 0 Å². The summed E-state index contributed by atoms with van der Waals surface area (Å²) in [4.78, 5) is 7.76. The Morgan fingerprint density at radius 1 is 0.549 bits per heavy atom. The van der Waals surface area contributed by atoms with Gasteiger partial charge in [0.25, 0.3) is 0 Å². The maximum Gasteiger partial charge on any atom is 0.211 e. The lowest BCUT2D eigenvalue weighted by Crippen LogP contribution is -2.02. The quantitative estimate of drug-likeness (QED) is 0.179. The normalized spacial score (nSPS) is 11.5. The lowest BCUT2D eigenvalue weighted by Gasteiger charge is -2.20. The van der Waals surface area contributed by atoms with E-state index in [9.17, 15) is 5.26 Å². The molecule has 0 radical (unpaired) electrons. The summed E-state index contributed by atoms with van der Waals surface area (Å²) in [7, 11) is 0. The van der Waals surface area contributed by atoms with E-state index in [1.54, 1.807) is 6.07 Å². The number of hydrogen-bond acceptors (Lipinski definition) is 2. The Labute approximate surface area is 291 Å². The minimum absolute atomic E-state index is 0.491. The van der Waals surface area contributed by atoms with Crippen LogP contribution in [0.1, 0.15) is 5.56 Å². The second kappa shape index (κ2) is 10.7. The molecule has 7 aromatic carbocycles. The van der Waals surface area contributed by atoms with Crippen molar-refractivity contribution in [3.63, 3.8) is 0 Å². The zero-order chi connectivity index (χ0) is 34.2. The molecule has 0 fully saturated rings. The minimum Gasteiger partial charge on any atom is -0.456 e. The van der Waals surface area contributed by atoms with Crippen LogP contribution >= 0.6 is 0 Å². The number of furan rings is 1. The van der Waals surface area contributed by atoms with Crippen molar-refractivity contribution >= 4 is 76.9 Å². The standard InChI is InChI=1S/C45H23N5O/c1-47-28-19-22-40-35(25-28)34-24-27(26-46)18-21-39(34)49(40)44-31(13-9-14-36(44)48-2)29-10-3-6-15-37(29)50-38-16-7-4-11-30(38)32-20-23-42-43(45(32)50)33-12-5-8-17-41(33)51-42/h3-25H. The summed E-state index contributed by atoms with van der Waals surface area (Å²) in [6.07, 6.45) is 0. The highest BCUT2D eigenvalue weighted by Crippen LogP contribution is 2.46. The molecular formula is C45H23N5O. The molecule has 0 N–H and O–H groups in total. The lowest BCUT2D eigenvalue weighted by molar-refractivity contribution is 0.669. The zero-order valence-electron chi connectivity index (χ0n) is 26.9. The van der Waals surface area contributed by atoms with Crippen molar-refractivity contribution in [2.24, 2.45) is 0 Å². The number of hydrogen-bond donors (Lipinski definition) is 0. The van der Waals surface area contributed by atoms with E-state index in [0.29, 0.717) is 16.9 Å². The van der Waals surface area contributed by atoms with Gasteiger partial charge in [-0.05, 0) is 71.6 Å². The van der Waals surface area contributed by atoms with E-state index in [4.69, 9.17) is 17.6 Å². The van der Waals surface area contributed by atoms with Crippen molar-refractivity contribution in [2.75, 3.05) is 0 Å². The number of benzene rings is 7. The topological polar surface area (TPSA) is 55.5 Å². The maximum atomic E-state index is 9.80. The third-order valence-electron chi connectivity index (χ3n) is 9.98. The highest BCUT2D eigenvalue weighted by molar-refractivity contribution is 6.24. The molecular weight excluding hydrogens is 627 g/mol. The van der Waals surface area contributed by atoms with Gasteiger partial charge >= 0.3 is 0 Å². The molecule has 10 aromatic rings. The molecule has 6 heteroatoms. The molecule has 6 nitrogen and oxygen atoms in total. The maximum absolute atomic E-state index is 9.80. The largest absolute Gasteiger partial charge is 0.456 e. The summed E-state index contributed by atoms with van der Waals surface area (Å²) in [5, 5.41) is 15.9. The molecule has 0 saturated carbocycles. The fraction of sp³-hybridized carbons (Fsp3) is 0. The van der Waals surface area contributed by atoms with Gasteiger partial charge in [0.2, 0.25) is 5.69 Å². The molecule has 3 heterocycles. The fourth-order valence-electron chi connectivity index (χ4n) is 7.88. The van der Waals surface area contributed by atoms with E-state index < -0.39 is 0 Å². The first-order valence-electron chi connectivity index (χ1n) is 16.5. The number of para-hydroxylation sites is 4. The molecule has 0 saturated heterocycles. The number of nitrogens with zero attached hydrogens (tertiary/aromatic N) is 5. The number of nitriles is 1. The molecule has 0 aliphatic carbocycles. The van der Waals surface area contributed by atoms with Gasteiger partial charge in [-0.25, -0.2) is 9.69 Å². The van der Waals surface area contributed by atoms with Crippen molar-refractivity contribution in [1.29, 1.82) is 5.26 Å².